The maximum Gasteiger partial charge on any atom is 0.185 e. The van der Waals surface area contributed by atoms with E-state index in [1.165, 1.54) is 5.69 Å². The van der Waals surface area contributed by atoms with Gasteiger partial charge in [-0.15, -0.1) is 11.3 Å². The molecule has 3 heterocycles. The topological polar surface area (TPSA) is 32.3 Å². The van der Waals surface area contributed by atoms with Crippen LogP contribution in [0.25, 0.3) is 0 Å². The molecule has 0 radical (unpaired) electrons. The Bertz CT molecular complexity index is 509. The van der Waals surface area contributed by atoms with Gasteiger partial charge in [0.05, 0.1) is 11.9 Å². The van der Waals surface area contributed by atoms with Crippen LogP contribution < -0.4 is 9.80 Å². The summed E-state index contributed by atoms with van der Waals surface area (Å²) in [7, 11) is 0. The molecule has 3 rings (SSSR count). The number of halogens is 1. The summed E-state index contributed by atoms with van der Waals surface area (Å²) >= 11 is 5.17. The van der Waals surface area contributed by atoms with E-state index in [4.69, 9.17) is 0 Å². The molecule has 6 heteroatoms. The van der Waals surface area contributed by atoms with Crippen LogP contribution in [0.2, 0.25) is 0 Å². The van der Waals surface area contributed by atoms with Crippen LogP contribution in [0.1, 0.15) is 0 Å². The highest BCUT2D eigenvalue weighted by molar-refractivity contribution is 9.10. The maximum absolute atomic E-state index is 4.36. The van der Waals surface area contributed by atoms with Crippen LogP contribution in [-0.2, 0) is 0 Å². The molecule has 0 aromatic carbocycles. The molecule has 1 saturated heterocycles. The summed E-state index contributed by atoms with van der Waals surface area (Å²) < 4.78 is 1.03. The third kappa shape index (κ3) is 2.49. The summed E-state index contributed by atoms with van der Waals surface area (Å²) in [6, 6.07) is 2.12. The zero-order valence-corrected chi connectivity index (χ0v) is 12.2. The highest BCUT2D eigenvalue weighted by Gasteiger charge is 2.19. The number of aromatic nitrogens is 2. The number of nitrogens with zero attached hydrogens (tertiary/aromatic N) is 4. The molecule has 1 fully saturated rings. The summed E-state index contributed by atoms with van der Waals surface area (Å²) in [4.78, 5) is 13.3. The van der Waals surface area contributed by atoms with Crippen LogP contribution in [0, 0.1) is 0 Å². The van der Waals surface area contributed by atoms with Gasteiger partial charge >= 0.3 is 0 Å². The Balaban J connectivity index is 1.67. The molecule has 18 heavy (non-hydrogen) atoms. The average Bonchev–Trinajstić information content (AvgIpc) is 2.93. The van der Waals surface area contributed by atoms with E-state index in [2.05, 4.69) is 41.8 Å². The zero-order chi connectivity index (χ0) is 12.4. The van der Waals surface area contributed by atoms with Crippen molar-refractivity contribution in [3.63, 3.8) is 0 Å². The van der Waals surface area contributed by atoms with E-state index >= 15 is 0 Å². The SMILES string of the molecule is Brc1cncc(N2CCN(c3nccs3)CC2)c1. The molecule has 0 aliphatic carbocycles. The summed E-state index contributed by atoms with van der Waals surface area (Å²) in [5.41, 5.74) is 1.18. The normalized spacial score (nSPS) is 16.1. The minimum atomic E-state index is 1.01. The molecule has 0 unspecified atom stereocenters. The third-order valence-electron chi connectivity index (χ3n) is 3.03. The summed E-state index contributed by atoms with van der Waals surface area (Å²) in [6.07, 6.45) is 5.60. The van der Waals surface area contributed by atoms with Gasteiger partial charge in [-0.3, -0.25) is 4.98 Å². The molecule has 2 aromatic rings. The molecule has 0 saturated carbocycles. The summed E-state index contributed by atoms with van der Waals surface area (Å²) in [5.74, 6) is 0. The van der Waals surface area contributed by atoms with Crippen LogP contribution in [0.15, 0.2) is 34.5 Å². The average molecular weight is 325 g/mol. The van der Waals surface area contributed by atoms with Crippen LogP contribution in [-0.4, -0.2) is 36.1 Å². The number of hydrogen-bond acceptors (Lipinski definition) is 5. The molecule has 1 aliphatic rings. The number of anilines is 2. The van der Waals surface area contributed by atoms with E-state index in [9.17, 15) is 0 Å². The van der Waals surface area contributed by atoms with Gasteiger partial charge in [0.25, 0.3) is 0 Å². The molecule has 94 valence electrons. The van der Waals surface area contributed by atoms with E-state index < -0.39 is 0 Å². The van der Waals surface area contributed by atoms with E-state index in [0.29, 0.717) is 0 Å². The number of thiazole rings is 1. The fourth-order valence-electron chi connectivity index (χ4n) is 2.10. The zero-order valence-electron chi connectivity index (χ0n) is 9.79. The fourth-order valence-corrected chi connectivity index (χ4v) is 3.15. The highest BCUT2D eigenvalue weighted by Crippen LogP contribution is 2.23. The van der Waals surface area contributed by atoms with Gasteiger partial charge < -0.3 is 9.80 Å². The lowest BCUT2D eigenvalue weighted by Gasteiger charge is -2.35. The lowest BCUT2D eigenvalue weighted by Crippen LogP contribution is -2.46. The smallest absolute Gasteiger partial charge is 0.185 e. The van der Waals surface area contributed by atoms with E-state index in [0.717, 1.165) is 35.8 Å². The molecule has 0 spiro atoms. The van der Waals surface area contributed by atoms with Gasteiger partial charge in [0.15, 0.2) is 5.13 Å². The van der Waals surface area contributed by atoms with Gasteiger partial charge in [0.2, 0.25) is 0 Å². The molecule has 4 nitrogen and oxygen atoms in total. The minimum absolute atomic E-state index is 1.01. The molecule has 0 amide bonds. The Hall–Kier alpha value is -1.14. The molecule has 2 aromatic heterocycles. The molecular weight excluding hydrogens is 312 g/mol. The maximum atomic E-state index is 4.36. The Morgan fingerprint density at radius 2 is 1.89 bits per heavy atom. The van der Waals surface area contributed by atoms with Gasteiger partial charge in [0, 0.05) is 48.4 Å². The molecule has 1 aliphatic heterocycles. The van der Waals surface area contributed by atoms with E-state index in [1.54, 1.807) is 11.3 Å². The monoisotopic (exact) mass is 324 g/mol. The quantitative estimate of drug-likeness (QED) is 0.850. The largest absolute Gasteiger partial charge is 0.367 e. The van der Waals surface area contributed by atoms with Gasteiger partial charge in [-0.1, -0.05) is 0 Å². The third-order valence-corrected chi connectivity index (χ3v) is 4.29. The van der Waals surface area contributed by atoms with E-state index in [1.807, 2.05) is 24.0 Å². The first-order chi connectivity index (χ1) is 8.83. The lowest BCUT2D eigenvalue weighted by atomic mass is 10.3. The highest BCUT2D eigenvalue weighted by atomic mass is 79.9. The second-order valence-corrected chi connectivity index (χ2v) is 5.94. The van der Waals surface area contributed by atoms with Crippen LogP contribution in [0.5, 0.6) is 0 Å². The van der Waals surface area contributed by atoms with Crippen LogP contribution in [0.4, 0.5) is 10.8 Å². The Morgan fingerprint density at radius 3 is 2.56 bits per heavy atom. The van der Waals surface area contributed by atoms with Crippen LogP contribution in [0.3, 0.4) is 0 Å². The van der Waals surface area contributed by atoms with Crippen molar-refractivity contribution in [1.82, 2.24) is 9.97 Å². The molecule has 0 bridgehead atoms. The molecule has 0 N–H and O–H groups in total. The van der Waals surface area contributed by atoms with Gasteiger partial charge in [0.1, 0.15) is 0 Å². The van der Waals surface area contributed by atoms with Crippen molar-refractivity contribution in [2.45, 2.75) is 0 Å². The number of hydrogen-bond donors (Lipinski definition) is 0. The summed E-state index contributed by atoms with van der Waals surface area (Å²) in [6.45, 7) is 4.05. The first kappa shape index (κ1) is 11.9. The molecular formula is C12H13BrN4S. The second kappa shape index (κ2) is 5.24. The van der Waals surface area contributed by atoms with Crippen molar-refractivity contribution in [1.29, 1.82) is 0 Å². The van der Waals surface area contributed by atoms with Crippen molar-refractivity contribution in [3.8, 4) is 0 Å². The fraction of sp³-hybridized carbons (Fsp3) is 0.333. The minimum Gasteiger partial charge on any atom is -0.367 e. The lowest BCUT2D eigenvalue weighted by molar-refractivity contribution is 0.651. The van der Waals surface area contributed by atoms with Crippen molar-refractivity contribution in [2.75, 3.05) is 36.0 Å². The predicted molar refractivity (Wildman–Crippen MR) is 78.5 cm³/mol. The predicted octanol–water partition coefficient (Wildman–Crippen LogP) is 2.63. The number of piperazine rings is 1. The van der Waals surface area contributed by atoms with Gasteiger partial charge in [-0.25, -0.2) is 4.98 Å². The Labute approximate surface area is 118 Å². The van der Waals surface area contributed by atoms with Gasteiger partial charge in [-0.2, -0.15) is 0 Å². The molecule has 0 atom stereocenters. The van der Waals surface area contributed by atoms with Gasteiger partial charge in [-0.05, 0) is 22.0 Å². The van der Waals surface area contributed by atoms with Crippen LogP contribution >= 0.6 is 27.3 Å². The Kier molecular flexibility index (Phi) is 3.47. The van der Waals surface area contributed by atoms with Crippen molar-refractivity contribution in [2.24, 2.45) is 0 Å². The standard InChI is InChI=1S/C12H13BrN4S/c13-10-7-11(9-14-8-10)16-2-4-17(5-3-16)12-15-1-6-18-12/h1,6-9H,2-5H2. The number of pyridine rings is 1. The van der Waals surface area contributed by atoms with Crippen molar-refractivity contribution < 1.29 is 0 Å². The van der Waals surface area contributed by atoms with Crippen molar-refractivity contribution in [3.05, 3.63) is 34.5 Å². The van der Waals surface area contributed by atoms with E-state index in [-0.39, 0.29) is 0 Å². The summed E-state index contributed by atoms with van der Waals surface area (Å²) in [5, 5.41) is 3.15. The second-order valence-electron chi connectivity index (χ2n) is 4.15. The first-order valence-electron chi connectivity index (χ1n) is 5.83. The van der Waals surface area contributed by atoms with Crippen molar-refractivity contribution >= 4 is 38.1 Å². The number of rotatable bonds is 2. The Morgan fingerprint density at radius 1 is 1.11 bits per heavy atom. The first-order valence-corrected chi connectivity index (χ1v) is 7.50.